The van der Waals surface area contributed by atoms with Gasteiger partial charge in [-0.3, -0.25) is 10.2 Å². The zero-order valence-corrected chi connectivity index (χ0v) is 8.53. The number of nitrogens with one attached hydrogen (secondary N) is 2. The van der Waals surface area contributed by atoms with Gasteiger partial charge in [-0.1, -0.05) is 0 Å². The molecule has 0 aliphatic carbocycles. The molecule has 0 aromatic carbocycles. The van der Waals surface area contributed by atoms with Crippen molar-refractivity contribution < 1.29 is 14.3 Å². The second-order valence-corrected chi connectivity index (χ2v) is 3.51. The van der Waals surface area contributed by atoms with Crippen LogP contribution in [0.25, 0.3) is 0 Å². The number of likely N-dealkylation sites (N-methyl/N-ethyl adjacent to an activating group) is 1. The van der Waals surface area contributed by atoms with Crippen LogP contribution in [0.5, 0.6) is 0 Å². The first-order valence-corrected chi connectivity index (χ1v) is 4.48. The van der Waals surface area contributed by atoms with Crippen molar-refractivity contribution in [3.05, 3.63) is 0 Å². The third-order valence-electron chi connectivity index (χ3n) is 1.71. The van der Waals surface area contributed by atoms with E-state index in [1.165, 1.54) is 0 Å². The molecule has 2 amide bonds. The van der Waals surface area contributed by atoms with Gasteiger partial charge in [0.05, 0.1) is 6.10 Å². The summed E-state index contributed by atoms with van der Waals surface area (Å²) in [7, 11) is 1.73. The van der Waals surface area contributed by atoms with Gasteiger partial charge in [0.2, 0.25) is 0 Å². The number of nitrogens with zero attached hydrogens (tertiary/aromatic N) is 1. The van der Waals surface area contributed by atoms with Gasteiger partial charge in [0, 0.05) is 13.6 Å². The van der Waals surface area contributed by atoms with E-state index in [-0.39, 0.29) is 12.0 Å². The van der Waals surface area contributed by atoms with Crippen LogP contribution < -0.4 is 10.7 Å². The lowest BCUT2D eigenvalue weighted by Crippen LogP contribution is -2.42. The Hall–Kier alpha value is -1.30. The Balaban J connectivity index is 2.37. The van der Waals surface area contributed by atoms with E-state index >= 15 is 0 Å². The molecule has 80 valence electrons. The number of carbonyl (C=O) groups is 2. The highest BCUT2D eigenvalue weighted by Crippen LogP contribution is 1.98. The quantitative estimate of drug-likeness (QED) is 0.630. The average molecular weight is 201 g/mol. The Morgan fingerprint density at radius 1 is 1.71 bits per heavy atom. The van der Waals surface area contributed by atoms with Crippen LogP contribution in [0, 0.1) is 0 Å². The summed E-state index contributed by atoms with van der Waals surface area (Å²) >= 11 is 0. The SMILES string of the molecule is CC(C)OC(=O)NC1CN(C)NC1=O. The number of alkyl carbamates (subject to hydrolysis) is 1. The lowest BCUT2D eigenvalue weighted by molar-refractivity contribution is -0.122. The van der Waals surface area contributed by atoms with E-state index in [0.717, 1.165) is 0 Å². The van der Waals surface area contributed by atoms with Gasteiger partial charge < -0.3 is 10.1 Å². The Morgan fingerprint density at radius 3 is 2.79 bits per heavy atom. The molecule has 6 nitrogen and oxygen atoms in total. The molecule has 1 heterocycles. The molecule has 0 aromatic heterocycles. The fourth-order valence-electron chi connectivity index (χ4n) is 1.17. The second kappa shape index (κ2) is 4.28. The van der Waals surface area contributed by atoms with Gasteiger partial charge in [-0.2, -0.15) is 0 Å². The first-order valence-electron chi connectivity index (χ1n) is 4.48. The van der Waals surface area contributed by atoms with Crippen molar-refractivity contribution in [3.8, 4) is 0 Å². The fourth-order valence-corrected chi connectivity index (χ4v) is 1.17. The van der Waals surface area contributed by atoms with Crippen molar-refractivity contribution in [2.45, 2.75) is 26.0 Å². The monoisotopic (exact) mass is 201 g/mol. The van der Waals surface area contributed by atoms with E-state index in [9.17, 15) is 9.59 Å². The number of hydrazine groups is 1. The number of hydrogen-bond acceptors (Lipinski definition) is 4. The Labute approximate surface area is 82.6 Å². The molecule has 1 saturated heterocycles. The molecule has 0 aromatic rings. The molecule has 6 heteroatoms. The summed E-state index contributed by atoms with van der Waals surface area (Å²) < 4.78 is 4.85. The molecule has 1 rings (SSSR count). The number of hydrogen-bond donors (Lipinski definition) is 2. The summed E-state index contributed by atoms with van der Waals surface area (Å²) in [5.41, 5.74) is 2.55. The standard InChI is InChI=1S/C8H15N3O3/c1-5(2)14-8(13)9-6-4-11(3)10-7(6)12/h5-6H,4H2,1-3H3,(H,9,13)(H,10,12). The van der Waals surface area contributed by atoms with E-state index in [2.05, 4.69) is 10.7 Å². The highest BCUT2D eigenvalue weighted by Gasteiger charge is 2.29. The van der Waals surface area contributed by atoms with Crippen LogP contribution in [0.3, 0.4) is 0 Å². The minimum absolute atomic E-state index is 0.183. The van der Waals surface area contributed by atoms with E-state index < -0.39 is 12.1 Å². The van der Waals surface area contributed by atoms with Crippen LogP contribution in [0.4, 0.5) is 4.79 Å². The van der Waals surface area contributed by atoms with Gasteiger partial charge in [-0.15, -0.1) is 0 Å². The molecule has 0 saturated carbocycles. The molecule has 0 spiro atoms. The summed E-state index contributed by atoms with van der Waals surface area (Å²) in [6.45, 7) is 3.95. The minimum atomic E-state index is -0.560. The summed E-state index contributed by atoms with van der Waals surface area (Å²) in [6, 6.07) is -0.522. The number of carbonyl (C=O) groups excluding carboxylic acids is 2. The number of ether oxygens (including phenoxy) is 1. The second-order valence-electron chi connectivity index (χ2n) is 3.51. The fraction of sp³-hybridized carbons (Fsp3) is 0.750. The topological polar surface area (TPSA) is 70.7 Å². The largest absolute Gasteiger partial charge is 0.447 e. The zero-order chi connectivity index (χ0) is 10.7. The first kappa shape index (κ1) is 10.8. The molecule has 0 bridgehead atoms. The smallest absolute Gasteiger partial charge is 0.408 e. The van der Waals surface area contributed by atoms with E-state index in [0.29, 0.717) is 6.54 Å². The molecule has 1 unspecified atom stereocenters. The van der Waals surface area contributed by atoms with Crippen LogP contribution >= 0.6 is 0 Å². The lowest BCUT2D eigenvalue weighted by atomic mass is 10.3. The van der Waals surface area contributed by atoms with Crippen molar-refractivity contribution in [1.82, 2.24) is 15.8 Å². The van der Waals surface area contributed by atoms with Crippen molar-refractivity contribution in [3.63, 3.8) is 0 Å². The molecule has 1 aliphatic heterocycles. The van der Waals surface area contributed by atoms with Crippen LogP contribution in [-0.4, -0.2) is 42.7 Å². The summed E-state index contributed by atoms with van der Waals surface area (Å²) in [6.07, 6.45) is -0.743. The molecule has 0 radical (unpaired) electrons. The van der Waals surface area contributed by atoms with Crippen LogP contribution in [0.15, 0.2) is 0 Å². The molecule has 1 atom stereocenters. The number of rotatable bonds is 2. The third kappa shape index (κ3) is 2.88. The maximum atomic E-state index is 11.2. The third-order valence-corrected chi connectivity index (χ3v) is 1.71. The summed E-state index contributed by atoms with van der Waals surface area (Å²) in [4.78, 5) is 22.3. The highest BCUT2D eigenvalue weighted by atomic mass is 16.6. The zero-order valence-electron chi connectivity index (χ0n) is 8.53. The Bertz CT molecular complexity index is 242. The van der Waals surface area contributed by atoms with Gasteiger partial charge in [-0.25, -0.2) is 9.80 Å². The average Bonchev–Trinajstić information content (AvgIpc) is 2.28. The van der Waals surface area contributed by atoms with E-state index in [1.54, 1.807) is 25.9 Å². The number of amides is 2. The summed E-state index contributed by atoms with van der Waals surface area (Å²) in [5.74, 6) is -0.215. The van der Waals surface area contributed by atoms with Crippen LogP contribution in [0.1, 0.15) is 13.8 Å². The molecule has 1 fully saturated rings. The van der Waals surface area contributed by atoms with E-state index in [1.807, 2.05) is 0 Å². The normalized spacial score (nSPS) is 22.3. The van der Waals surface area contributed by atoms with E-state index in [4.69, 9.17) is 4.74 Å². The van der Waals surface area contributed by atoms with Gasteiger partial charge in [0.1, 0.15) is 6.04 Å². The minimum Gasteiger partial charge on any atom is -0.447 e. The molecule has 14 heavy (non-hydrogen) atoms. The van der Waals surface area contributed by atoms with Gasteiger partial charge in [-0.05, 0) is 13.8 Å². The van der Waals surface area contributed by atoms with Gasteiger partial charge in [0.15, 0.2) is 0 Å². The van der Waals surface area contributed by atoms with Gasteiger partial charge >= 0.3 is 6.09 Å². The van der Waals surface area contributed by atoms with Crippen LogP contribution in [-0.2, 0) is 9.53 Å². The van der Waals surface area contributed by atoms with Crippen molar-refractivity contribution in [1.29, 1.82) is 0 Å². The molecular weight excluding hydrogens is 186 g/mol. The van der Waals surface area contributed by atoms with Crippen molar-refractivity contribution in [2.24, 2.45) is 0 Å². The molecule has 1 aliphatic rings. The Morgan fingerprint density at radius 2 is 2.36 bits per heavy atom. The summed E-state index contributed by atoms with van der Waals surface area (Å²) in [5, 5.41) is 4.09. The lowest BCUT2D eigenvalue weighted by Gasteiger charge is -2.12. The first-order chi connectivity index (χ1) is 6.49. The maximum absolute atomic E-state index is 11.2. The highest BCUT2D eigenvalue weighted by molar-refractivity contribution is 5.87. The predicted octanol–water partition coefficient (Wildman–Crippen LogP) is -0.534. The molecular formula is C8H15N3O3. The molecule has 2 N–H and O–H groups in total. The van der Waals surface area contributed by atoms with Crippen LogP contribution in [0.2, 0.25) is 0 Å². The van der Waals surface area contributed by atoms with Gasteiger partial charge in [0.25, 0.3) is 5.91 Å². The van der Waals surface area contributed by atoms with Crippen molar-refractivity contribution >= 4 is 12.0 Å². The van der Waals surface area contributed by atoms with Crippen molar-refractivity contribution in [2.75, 3.05) is 13.6 Å². The predicted molar refractivity (Wildman–Crippen MR) is 49.3 cm³/mol. The Kier molecular flexibility index (Phi) is 3.29. The maximum Gasteiger partial charge on any atom is 0.408 e.